The number of aromatic nitrogens is 4. The highest BCUT2D eigenvalue weighted by Gasteiger charge is 2.46. The normalized spacial score (nSPS) is 22.0. The predicted octanol–water partition coefficient (Wildman–Crippen LogP) is 1.21. The van der Waals surface area contributed by atoms with Gasteiger partial charge in [-0.05, 0) is 25.0 Å². The van der Waals surface area contributed by atoms with Crippen LogP contribution in [0.3, 0.4) is 0 Å². The average molecular weight is 583 g/mol. The second-order valence-electron chi connectivity index (χ2n) is 10.7. The van der Waals surface area contributed by atoms with E-state index in [-0.39, 0.29) is 47.4 Å². The van der Waals surface area contributed by atoms with E-state index in [0.29, 0.717) is 30.5 Å². The highest BCUT2D eigenvalue weighted by molar-refractivity contribution is 6.21. The molecule has 3 amide bonds. The summed E-state index contributed by atoms with van der Waals surface area (Å²) in [5.74, 6) is -1.26. The number of ether oxygens (including phenoxy) is 2. The van der Waals surface area contributed by atoms with Crippen LogP contribution in [-0.4, -0.2) is 90.4 Å². The molecule has 4 heterocycles. The van der Waals surface area contributed by atoms with Gasteiger partial charge in [-0.2, -0.15) is 4.98 Å². The molecule has 5 rings (SSSR count). The third kappa shape index (κ3) is 5.70. The van der Waals surface area contributed by atoms with Crippen LogP contribution in [0, 0.1) is 5.92 Å². The average Bonchev–Trinajstić information content (AvgIpc) is 3.61. The SMILES string of the molecule is CC(C)C(=O)Nc1nc2c(ncn2[C@@H]2O[C@H](CO)[C@H](OCCCCCCN3C(=O)c4ccccc4C3=O)C2O)c(=O)[nH]1. The first kappa shape index (κ1) is 29.5. The molecule has 14 heteroatoms. The van der Waals surface area contributed by atoms with E-state index in [1.165, 1.54) is 15.8 Å². The molecule has 0 spiro atoms. The largest absolute Gasteiger partial charge is 0.394 e. The van der Waals surface area contributed by atoms with Gasteiger partial charge in [-0.1, -0.05) is 38.8 Å². The van der Waals surface area contributed by atoms with Gasteiger partial charge in [0.1, 0.15) is 18.3 Å². The molecular formula is C28H34N6O8. The molecule has 42 heavy (non-hydrogen) atoms. The number of nitrogens with zero attached hydrogens (tertiary/aromatic N) is 4. The molecule has 2 aliphatic heterocycles. The molecular weight excluding hydrogens is 548 g/mol. The van der Waals surface area contributed by atoms with Crippen molar-refractivity contribution >= 4 is 34.8 Å². The summed E-state index contributed by atoms with van der Waals surface area (Å²) in [7, 11) is 0. The number of hydrogen-bond donors (Lipinski definition) is 4. The first-order valence-electron chi connectivity index (χ1n) is 14.0. The zero-order chi connectivity index (χ0) is 30.0. The lowest BCUT2D eigenvalue weighted by Crippen LogP contribution is -2.36. The summed E-state index contributed by atoms with van der Waals surface area (Å²) in [5, 5.41) is 23.5. The Balaban J connectivity index is 1.13. The van der Waals surface area contributed by atoms with Crippen molar-refractivity contribution in [3.63, 3.8) is 0 Å². The lowest BCUT2D eigenvalue weighted by molar-refractivity contribution is -0.118. The van der Waals surface area contributed by atoms with E-state index in [9.17, 15) is 29.4 Å². The second-order valence-corrected chi connectivity index (χ2v) is 10.7. The molecule has 14 nitrogen and oxygen atoms in total. The highest BCUT2D eigenvalue weighted by atomic mass is 16.6. The number of unbranched alkanes of at least 4 members (excludes halogenated alkanes) is 3. The Morgan fingerprint density at radius 2 is 1.81 bits per heavy atom. The molecule has 3 aromatic rings. The smallest absolute Gasteiger partial charge is 0.280 e. The van der Waals surface area contributed by atoms with E-state index < -0.39 is 36.7 Å². The van der Waals surface area contributed by atoms with E-state index in [0.717, 1.165) is 12.8 Å². The topological polar surface area (TPSA) is 189 Å². The predicted molar refractivity (Wildman–Crippen MR) is 149 cm³/mol. The van der Waals surface area contributed by atoms with Gasteiger partial charge < -0.3 is 19.7 Å². The van der Waals surface area contributed by atoms with Gasteiger partial charge in [0.05, 0.1) is 24.1 Å². The fourth-order valence-corrected chi connectivity index (χ4v) is 5.12. The number of aromatic amines is 1. The summed E-state index contributed by atoms with van der Waals surface area (Å²) in [4.78, 5) is 61.7. The number of carbonyl (C=O) groups excluding carboxylic acids is 3. The van der Waals surface area contributed by atoms with E-state index >= 15 is 0 Å². The van der Waals surface area contributed by atoms with Crippen molar-refractivity contribution in [1.82, 2.24) is 24.4 Å². The van der Waals surface area contributed by atoms with Gasteiger partial charge >= 0.3 is 0 Å². The summed E-state index contributed by atoms with van der Waals surface area (Å²) in [6, 6.07) is 6.80. The summed E-state index contributed by atoms with van der Waals surface area (Å²) in [6.45, 7) is 3.62. The molecule has 224 valence electrons. The summed E-state index contributed by atoms with van der Waals surface area (Å²) >= 11 is 0. The Labute approximate surface area is 240 Å². The van der Waals surface area contributed by atoms with Gasteiger partial charge in [0.15, 0.2) is 17.4 Å². The molecule has 2 aromatic heterocycles. The highest BCUT2D eigenvalue weighted by Crippen LogP contribution is 2.33. The third-order valence-corrected chi connectivity index (χ3v) is 7.43. The van der Waals surface area contributed by atoms with E-state index in [2.05, 4.69) is 20.3 Å². The minimum absolute atomic E-state index is 0.000488. The maximum absolute atomic E-state index is 12.5. The number of H-pyrrole nitrogens is 1. The number of fused-ring (bicyclic) bond motifs is 2. The van der Waals surface area contributed by atoms with E-state index in [1.807, 2.05) is 0 Å². The van der Waals surface area contributed by atoms with Crippen LogP contribution >= 0.6 is 0 Å². The molecule has 4 atom stereocenters. The van der Waals surface area contributed by atoms with Crippen molar-refractivity contribution in [2.75, 3.05) is 25.1 Å². The van der Waals surface area contributed by atoms with Crippen LogP contribution in [0.5, 0.6) is 0 Å². The molecule has 1 saturated heterocycles. The quantitative estimate of drug-likeness (QED) is 0.178. The Bertz CT molecular complexity index is 1500. The number of amides is 3. The van der Waals surface area contributed by atoms with Crippen molar-refractivity contribution in [3.05, 3.63) is 52.1 Å². The number of carbonyl (C=O) groups is 3. The van der Waals surface area contributed by atoms with Gasteiger partial charge in [-0.25, -0.2) is 4.98 Å². The first-order chi connectivity index (χ1) is 20.2. The maximum Gasteiger partial charge on any atom is 0.280 e. The summed E-state index contributed by atoms with van der Waals surface area (Å²) in [5.41, 5.74) is 0.403. The van der Waals surface area contributed by atoms with Crippen LogP contribution in [0.15, 0.2) is 35.4 Å². The number of rotatable bonds is 12. The van der Waals surface area contributed by atoms with Gasteiger partial charge in [-0.3, -0.25) is 38.9 Å². The lowest BCUT2D eigenvalue weighted by Gasteiger charge is -2.20. The summed E-state index contributed by atoms with van der Waals surface area (Å²) in [6.07, 6.45) is 0.214. The maximum atomic E-state index is 12.5. The van der Waals surface area contributed by atoms with Crippen molar-refractivity contribution < 1.29 is 34.1 Å². The third-order valence-electron chi connectivity index (χ3n) is 7.43. The summed E-state index contributed by atoms with van der Waals surface area (Å²) < 4.78 is 13.2. The zero-order valence-electron chi connectivity index (χ0n) is 23.4. The minimum atomic E-state index is -1.21. The lowest BCUT2D eigenvalue weighted by atomic mass is 10.1. The van der Waals surface area contributed by atoms with Crippen molar-refractivity contribution in [2.24, 2.45) is 5.92 Å². The zero-order valence-corrected chi connectivity index (χ0v) is 23.4. The van der Waals surface area contributed by atoms with E-state index in [4.69, 9.17) is 9.47 Å². The molecule has 0 radical (unpaired) electrons. The molecule has 1 fully saturated rings. The number of imidazole rings is 1. The van der Waals surface area contributed by atoms with Crippen LogP contribution < -0.4 is 10.9 Å². The molecule has 4 N–H and O–H groups in total. The number of aliphatic hydroxyl groups is 2. The van der Waals surface area contributed by atoms with Crippen LogP contribution in [0.1, 0.15) is 66.5 Å². The number of imide groups is 1. The van der Waals surface area contributed by atoms with Gasteiger partial charge in [0.2, 0.25) is 11.9 Å². The molecule has 2 aliphatic rings. The van der Waals surface area contributed by atoms with Crippen LogP contribution in [0.25, 0.3) is 11.2 Å². The van der Waals surface area contributed by atoms with Gasteiger partial charge in [0.25, 0.3) is 17.4 Å². The monoisotopic (exact) mass is 582 g/mol. The number of anilines is 1. The number of nitrogens with one attached hydrogen (secondary N) is 2. The number of benzene rings is 1. The van der Waals surface area contributed by atoms with Crippen LogP contribution in [-0.2, 0) is 14.3 Å². The Kier molecular flexibility index (Phi) is 8.77. The van der Waals surface area contributed by atoms with Gasteiger partial charge in [-0.15, -0.1) is 0 Å². The van der Waals surface area contributed by atoms with Crippen LogP contribution in [0.4, 0.5) is 5.95 Å². The minimum Gasteiger partial charge on any atom is -0.394 e. The molecule has 0 bridgehead atoms. The molecule has 1 aromatic carbocycles. The van der Waals surface area contributed by atoms with Crippen LogP contribution in [0.2, 0.25) is 0 Å². The molecule has 1 unspecified atom stereocenters. The van der Waals surface area contributed by atoms with Crippen molar-refractivity contribution in [3.8, 4) is 0 Å². The standard InChI is InChI=1S/C28H34N6O8/c1-15(2)23(37)31-28-30-22-19(24(38)32-28)29-14-34(22)27-20(36)21(18(13-35)42-27)41-12-8-4-3-7-11-33-25(39)16-9-5-6-10-17(16)26(33)40/h5-6,9-10,14-15,18,20-21,27,35-36H,3-4,7-8,11-13H2,1-2H3,(H2,30,31,32,37,38)/t18-,20?,21+,27-/m1/s1. The fraction of sp³-hybridized carbons (Fsp3) is 0.500. The van der Waals surface area contributed by atoms with Crippen molar-refractivity contribution in [2.45, 2.75) is 64.1 Å². The molecule has 0 saturated carbocycles. The second kappa shape index (κ2) is 12.5. The molecule has 0 aliphatic carbocycles. The fourth-order valence-electron chi connectivity index (χ4n) is 5.12. The Morgan fingerprint density at radius 1 is 1.12 bits per heavy atom. The van der Waals surface area contributed by atoms with E-state index in [1.54, 1.807) is 38.1 Å². The number of aliphatic hydroxyl groups excluding tert-OH is 2. The van der Waals surface area contributed by atoms with Crippen molar-refractivity contribution in [1.29, 1.82) is 0 Å². The Morgan fingerprint density at radius 3 is 2.48 bits per heavy atom. The first-order valence-corrected chi connectivity index (χ1v) is 14.0. The van der Waals surface area contributed by atoms with Gasteiger partial charge in [0, 0.05) is 19.1 Å². The number of hydrogen-bond acceptors (Lipinski definition) is 10. The Hall–Kier alpha value is -3.98.